The lowest BCUT2D eigenvalue weighted by Gasteiger charge is -2.06. The van der Waals surface area contributed by atoms with Gasteiger partial charge in [0, 0.05) is 16.3 Å². The molecule has 0 atom stereocenters. The van der Waals surface area contributed by atoms with Gasteiger partial charge in [-0.3, -0.25) is 0 Å². The first-order chi connectivity index (χ1) is 9.63. The number of halogens is 2. The number of rotatable bonds is 2. The molecule has 2 aromatic carbocycles. The molecule has 0 fully saturated rings. The molecule has 0 aliphatic carbocycles. The van der Waals surface area contributed by atoms with Crippen LogP contribution in [-0.2, 0) is 0 Å². The maximum atomic E-state index is 13.4. The second-order valence-corrected chi connectivity index (χ2v) is 4.60. The molecule has 0 saturated carbocycles. The van der Waals surface area contributed by atoms with Crippen LogP contribution in [0.4, 0.5) is 10.1 Å². The van der Waals surface area contributed by atoms with Gasteiger partial charge in [-0.2, -0.15) is 4.68 Å². The van der Waals surface area contributed by atoms with E-state index in [1.54, 1.807) is 30.3 Å². The molecule has 0 aliphatic heterocycles. The standard InChI is InChI=1S/C13H9ClFN5/c14-9-2-1-3-12(6-9)20-13(17-18-19-20)8-4-10(15)7-11(16)5-8/h1-7H,16H2. The first-order valence-corrected chi connectivity index (χ1v) is 6.12. The van der Waals surface area contributed by atoms with Crippen LogP contribution in [0, 0.1) is 5.82 Å². The monoisotopic (exact) mass is 289 g/mol. The fourth-order valence-corrected chi connectivity index (χ4v) is 2.07. The molecular formula is C13H9ClFN5. The summed E-state index contributed by atoms with van der Waals surface area (Å²) in [5.74, 6) is -0.0564. The summed E-state index contributed by atoms with van der Waals surface area (Å²) in [7, 11) is 0. The van der Waals surface area contributed by atoms with Gasteiger partial charge < -0.3 is 5.73 Å². The van der Waals surface area contributed by atoms with Crippen LogP contribution in [0.5, 0.6) is 0 Å². The molecule has 100 valence electrons. The van der Waals surface area contributed by atoms with Crippen molar-refractivity contribution >= 4 is 17.3 Å². The second-order valence-electron chi connectivity index (χ2n) is 4.17. The number of benzene rings is 2. The Bertz CT molecular complexity index is 751. The van der Waals surface area contributed by atoms with Gasteiger partial charge in [-0.25, -0.2) is 4.39 Å². The van der Waals surface area contributed by atoms with Crippen LogP contribution >= 0.6 is 11.6 Å². The highest BCUT2D eigenvalue weighted by molar-refractivity contribution is 6.30. The van der Waals surface area contributed by atoms with Gasteiger partial charge in [-0.1, -0.05) is 17.7 Å². The largest absolute Gasteiger partial charge is 0.399 e. The molecule has 20 heavy (non-hydrogen) atoms. The first kappa shape index (κ1) is 12.6. The molecule has 0 bridgehead atoms. The number of nitrogens with two attached hydrogens (primary N) is 1. The van der Waals surface area contributed by atoms with Crippen molar-refractivity contribution in [2.24, 2.45) is 0 Å². The highest BCUT2D eigenvalue weighted by Crippen LogP contribution is 2.23. The number of nitrogens with zero attached hydrogens (tertiary/aromatic N) is 4. The topological polar surface area (TPSA) is 69.6 Å². The summed E-state index contributed by atoms with van der Waals surface area (Å²) in [6.45, 7) is 0. The van der Waals surface area contributed by atoms with E-state index in [0.717, 1.165) is 0 Å². The minimum Gasteiger partial charge on any atom is -0.399 e. The Kier molecular flexibility index (Phi) is 3.08. The summed E-state index contributed by atoms with van der Waals surface area (Å²) in [5.41, 5.74) is 7.12. The molecule has 0 spiro atoms. The van der Waals surface area contributed by atoms with Crippen molar-refractivity contribution < 1.29 is 4.39 Å². The maximum absolute atomic E-state index is 13.4. The highest BCUT2D eigenvalue weighted by Gasteiger charge is 2.12. The summed E-state index contributed by atoms with van der Waals surface area (Å²) in [5, 5.41) is 12.0. The fraction of sp³-hybridized carbons (Fsp3) is 0. The summed E-state index contributed by atoms with van der Waals surface area (Å²) in [6, 6.07) is 11.2. The lowest BCUT2D eigenvalue weighted by atomic mass is 10.2. The molecule has 1 aromatic heterocycles. The van der Waals surface area contributed by atoms with Crippen LogP contribution in [0.3, 0.4) is 0 Å². The van der Waals surface area contributed by atoms with E-state index in [2.05, 4.69) is 15.5 Å². The van der Waals surface area contributed by atoms with Crippen molar-refractivity contribution in [2.75, 3.05) is 5.73 Å². The predicted octanol–water partition coefficient (Wildman–Crippen LogP) is 2.70. The normalized spacial score (nSPS) is 10.7. The van der Waals surface area contributed by atoms with Gasteiger partial charge in [0.2, 0.25) is 0 Å². The van der Waals surface area contributed by atoms with E-state index in [1.165, 1.54) is 16.8 Å². The molecule has 7 heteroatoms. The molecular weight excluding hydrogens is 281 g/mol. The van der Waals surface area contributed by atoms with Gasteiger partial charge in [0.15, 0.2) is 5.82 Å². The second kappa shape index (κ2) is 4.90. The van der Waals surface area contributed by atoms with Crippen LogP contribution < -0.4 is 5.73 Å². The van der Waals surface area contributed by atoms with E-state index < -0.39 is 5.82 Å². The number of hydrogen-bond acceptors (Lipinski definition) is 4. The highest BCUT2D eigenvalue weighted by atomic mass is 35.5. The van der Waals surface area contributed by atoms with E-state index in [4.69, 9.17) is 17.3 Å². The van der Waals surface area contributed by atoms with Crippen molar-refractivity contribution in [3.8, 4) is 17.1 Å². The molecule has 0 amide bonds. The Morgan fingerprint density at radius 1 is 1.15 bits per heavy atom. The van der Waals surface area contributed by atoms with Gasteiger partial charge >= 0.3 is 0 Å². The van der Waals surface area contributed by atoms with E-state index in [9.17, 15) is 4.39 Å². The molecule has 0 unspecified atom stereocenters. The van der Waals surface area contributed by atoms with Crippen molar-refractivity contribution in [3.05, 3.63) is 53.3 Å². The van der Waals surface area contributed by atoms with E-state index >= 15 is 0 Å². The van der Waals surface area contributed by atoms with Crippen molar-refractivity contribution in [1.82, 2.24) is 20.2 Å². The Labute approximate surface area is 118 Å². The maximum Gasteiger partial charge on any atom is 0.187 e. The minimum atomic E-state index is -0.444. The molecule has 0 saturated heterocycles. The third-order valence-electron chi connectivity index (χ3n) is 2.70. The Balaban J connectivity index is 2.15. The van der Waals surface area contributed by atoms with Crippen molar-refractivity contribution in [1.29, 1.82) is 0 Å². The van der Waals surface area contributed by atoms with E-state index in [-0.39, 0.29) is 0 Å². The lowest BCUT2D eigenvalue weighted by molar-refractivity contribution is 0.628. The number of nitrogen functional groups attached to an aromatic ring is 1. The van der Waals surface area contributed by atoms with Crippen LogP contribution in [-0.4, -0.2) is 20.2 Å². The first-order valence-electron chi connectivity index (χ1n) is 5.74. The Morgan fingerprint density at radius 3 is 2.75 bits per heavy atom. The average molecular weight is 290 g/mol. The molecule has 0 radical (unpaired) electrons. The molecule has 5 nitrogen and oxygen atoms in total. The van der Waals surface area contributed by atoms with E-state index in [1.807, 2.05) is 0 Å². The lowest BCUT2D eigenvalue weighted by Crippen LogP contribution is -2.00. The van der Waals surface area contributed by atoms with Crippen LogP contribution in [0.25, 0.3) is 17.1 Å². The van der Waals surface area contributed by atoms with Crippen LogP contribution in [0.1, 0.15) is 0 Å². The van der Waals surface area contributed by atoms with Gasteiger partial charge in [0.1, 0.15) is 5.82 Å². The number of aromatic nitrogens is 4. The molecule has 3 rings (SSSR count). The zero-order valence-corrected chi connectivity index (χ0v) is 10.9. The van der Waals surface area contributed by atoms with Crippen molar-refractivity contribution in [3.63, 3.8) is 0 Å². The zero-order valence-electron chi connectivity index (χ0n) is 10.2. The van der Waals surface area contributed by atoms with Crippen LogP contribution in [0.15, 0.2) is 42.5 Å². The Hall–Kier alpha value is -2.47. The van der Waals surface area contributed by atoms with Gasteiger partial charge in [-0.15, -0.1) is 5.10 Å². The third-order valence-corrected chi connectivity index (χ3v) is 2.94. The Morgan fingerprint density at radius 2 is 2.00 bits per heavy atom. The summed E-state index contributed by atoms with van der Waals surface area (Å²) >= 11 is 5.95. The molecule has 2 N–H and O–H groups in total. The summed E-state index contributed by atoms with van der Waals surface area (Å²) < 4.78 is 14.9. The summed E-state index contributed by atoms with van der Waals surface area (Å²) in [4.78, 5) is 0. The zero-order chi connectivity index (χ0) is 14.1. The number of hydrogen-bond donors (Lipinski definition) is 1. The predicted molar refractivity (Wildman–Crippen MR) is 74.0 cm³/mol. The molecule has 1 heterocycles. The number of anilines is 1. The van der Waals surface area contributed by atoms with Crippen LogP contribution in [0.2, 0.25) is 5.02 Å². The third kappa shape index (κ3) is 2.33. The smallest absolute Gasteiger partial charge is 0.187 e. The average Bonchev–Trinajstić information content (AvgIpc) is 2.86. The van der Waals surface area contributed by atoms with Gasteiger partial charge in [-0.05, 0) is 46.8 Å². The van der Waals surface area contributed by atoms with Crippen molar-refractivity contribution in [2.45, 2.75) is 0 Å². The quantitative estimate of drug-likeness (QED) is 0.736. The molecule has 0 aliphatic rings. The molecule has 3 aromatic rings. The van der Waals surface area contributed by atoms with Gasteiger partial charge in [0.25, 0.3) is 0 Å². The minimum absolute atomic E-state index is 0.306. The summed E-state index contributed by atoms with van der Waals surface area (Å²) in [6.07, 6.45) is 0. The fourth-order valence-electron chi connectivity index (χ4n) is 1.89. The SMILES string of the molecule is Nc1cc(F)cc(-c2nnnn2-c2cccc(Cl)c2)c1. The van der Waals surface area contributed by atoms with E-state index in [0.29, 0.717) is 27.8 Å². The van der Waals surface area contributed by atoms with Gasteiger partial charge in [0.05, 0.1) is 5.69 Å². The number of tetrazole rings is 1.